The highest BCUT2D eigenvalue weighted by atomic mass is 32.1. The Morgan fingerprint density at radius 2 is 1.90 bits per heavy atom. The minimum absolute atomic E-state index is 0.0108. The first-order valence-corrected chi connectivity index (χ1v) is 15.6. The quantitative estimate of drug-likeness (QED) is 0.397. The van der Waals surface area contributed by atoms with E-state index in [1.807, 2.05) is 26.0 Å². The summed E-state index contributed by atoms with van der Waals surface area (Å²) >= 11 is 1.63. The minimum atomic E-state index is -0.738. The zero-order chi connectivity index (χ0) is 29.8. The van der Waals surface area contributed by atoms with E-state index in [-0.39, 0.29) is 42.3 Å². The predicted octanol–water partition coefficient (Wildman–Crippen LogP) is 1.49. The molecule has 2 N–H and O–H groups in total. The molecule has 42 heavy (non-hydrogen) atoms. The van der Waals surface area contributed by atoms with Crippen molar-refractivity contribution in [3.63, 3.8) is 0 Å². The van der Waals surface area contributed by atoms with Crippen molar-refractivity contribution >= 4 is 34.1 Å². The number of aromatic nitrogens is 1. The van der Waals surface area contributed by atoms with Crippen LogP contribution < -0.4 is 15.5 Å². The molecule has 2 amide bonds. The summed E-state index contributed by atoms with van der Waals surface area (Å²) in [5.41, 5.74) is 2.28. The highest BCUT2D eigenvalue weighted by Gasteiger charge is 2.52. The van der Waals surface area contributed by atoms with E-state index in [1.54, 1.807) is 42.5 Å². The summed E-state index contributed by atoms with van der Waals surface area (Å²) in [6.45, 7) is 9.94. The number of amides is 2. The number of methoxy groups -OCH3 is 1. The summed E-state index contributed by atoms with van der Waals surface area (Å²) in [5, 5.41) is 9.17. The molecule has 1 aromatic carbocycles. The molecule has 0 spiro atoms. The van der Waals surface area contributed by atoms with Gasteiger partial charge in [0.05, 0.1) is 18.3 Å². The van der Waals surface area contributed by atoms with Crippen molar-refractivity contribution in [2.75, 3.05) is 71.5 Å². The number of benzene rings is 1. The van der Waals surface area contributed by atoms with Gasteiger partial charge in [-0.2, -0.15) is 0 Å². The summed E-state index contributed by atoms with van der Waals surface area (Å²) in [5.74, 6) is -0.482. The average Bonchev–Trinajstić information content (AvgIpc) is 3.73. The fourth-order valence-electron chi connectivity index (χ4n) is 5.99. The van der Waals surface area contributed by atoms with E-state index < -0.39 is 12.1 Å². The van der Waals surface area contributed by atoms with Crippen molar-refractivity contribution in [2.24, 2.45) is 5.92 Å². The van der Waals surface area contributed by atoms with Crippen LogP contribution in [0.15, 0.2) is 29.6 Å². The third kappa shape index (κ3) is 6.68. The fraction of sp³-hybridized carbons (Fsp3) is 0.600. The number of likely N-dealkylation sites (tertiary alicyclic amines) is 1. The van der Waals surface area contributed by atoms with Gasteiger partial charge in [-0.25, -0.2) is 4.98 Å². The van der Waals surface area contributed by atoms with Crippen molar-refractivity contribution in [1.29, 1.82) is 0 Å². The zero-order valence-electron chi connectivity index (χ0n) is 24.9. The normalized spacial score (nSPS) is 23.5. The number of ketones is 1. The predicted molar refractivity (Wildman–Crippen MR) is 162 cm³/mol. The number of rotatable bonds is 11. The van der Waals surface area contributed by atoms with Crippen LogP contribution in [0.4, 0.5) is 5.13 Å². The van der Waals surface area contributed by atoms with Gasteiger partial charge in [-0.3, -0.25) is 19.3 Å². The molecule has 3 saturated heterocycles. The van der Waals surface area contributed by atoms with Crippen LogP contribution in [0.1, 0.15) is 30.6 Å². The molecule has 0 aliphatic carbocycles. The number of nitrogens with one attached hydrogen (secondary N) is 2. The van der Waals surface area contributed by atoms with Gasteiger partial charge in [0.1, 0.15) is 24.8 Å². The van der Waals surface area contributed by atoms with Crippen LogP contribution in [0, 0.1) is 5.92 Å². The van der Waals surface area contributed by atoms with Crippen LogP contribution >= 0.6 is 11.3 Å². The summed E-state index contributed by atoms with van der Waals surface area (Å²) in [4.78, 5) is 50.7. The Kier molecular flexibility index (Phi) is 9.89. The number of carbonyl (C=O) groups is 3. The van der Waals surface area contributed by atoms with Crippen molar-refractivity contribution < 1.29 is 23.9 Å². The van der Waals surface area contributed by atoms with Gasteiger partial charge in [-0.05, 0) is 31.5 Å². The molecule has 4 atom stereocenters. The number of likely N-dealkylation sites (N-methyl/N-ethyl adjacent to an activating group) is 1. The second-order valence-electron chi connectivity index (χ2n) is 11.6. The third-order valence-corrected chi connectivity index (χ3v) is 9.24. The maximum atomic E-state index is 13.7. The van der Waals surface area contributed by atoms with Gasteiger partial charge in [-0.1, -0.05) is 26.0 Å². The number of nitrogens with zero attached hydrogens (tertiary/aromatic N) is 4. The molecule has 228 valence electrons. The largest absolute Gasteiger partial charge is 0.383 e. The van der Waals surface area contributed by atoms with E-state index in [9.17, 15) is 14.4 Å². The van der Waals surface area contributed by atoms with Crippen molar-refractivity contribution in [2.45, 2.75) is 44.5 Å². The number of thiazole rings is 1. The van der Waals surface area contributed by atoms with Gasteiger partial charge in [0.2, 0.25) is 5.91 Å². The van der Waals surface area contributed by atoms with E-state index in [2.05, 4.69) is 25.8 Å². The van der Waals surface area contributed by atoms with Crippen LogP contribution in [0.3, 0.4) is 0 Å². The fourth-order valence-corrected chi connectivity index (χ4v) is 6.88. The van der Waals surface area contributed by atoms with Crippen LogP contribution in [-0.2, 0) is 19.1 Å². The summed E-state index contributed by atoms with van der Waals surface area (Å²) < 4.78 is 10.9. The number of fused-ring (bicyclic) bond motifs is 1. The first kappa shape index (κ1) is 30.6. The van der Waals surface area contributed by atoms with Crippen LogP contribution in [0.25, 0.3) is 11.3 Å². The zero-order valence-corrected chi connectivity index (χ0v) is 25.7. The molecule has 0 unspecified atom stereocenters. The lowest BCUT2D eigenvalue weighted by Gasteiger charge is -2.34. The minimum Gasteiger partial charge on any atom is -0.383 e. The Bertz CT molecular complexity index is 1250. The van der Waals surface area contributed by atoms with E-state index in [0.29, 0.717) is 18.5 Å². The summed E-state index contributed by atoms with van der Waals surface area (Å²) in [6.07, 6.45) is 0.115. The number of carbonyl (C=O) groups excluding carboxylic acids is 3. The van der Waals surface area contributed by atoms with Crippen LogP contribution in [-0.4, -0.2) is 123 Å². The molecule has 11 nitrogen and oxygen atoms in total. The second-order valence-corrected chi connectivity index (χ2v) is 12.5. The SMILES string of the molecule is CN[C@H]1CN(C(=O)[C@H](CC(C)C)NC(=O)c2ccc(-c3csc(N4CCN(CCOC)CC4)n3)cc2)[C@@H]2C(=O)CO[C@H]12. The second kappa shape index (κ2) is 13.6. The molecule has 12 heteroatoms. The number of Topliss-reactive ketones (excluding diaryl/α,β-unsaturated/α-hetero) is 1. The average molecular weight is 599 g/mol. The molecule has 5 rings (SSSR count). The highest BCUT2D eigenvalue weighted by molar-refractivity contribution is 7.14. The van der Waals surface area contributed by atoms with E-state index in [4.69, 9.17) is 14.5 Å². The molecule has 3 fully saturated rings. The molecule has 3 aliphatic heterocycles. The Morgan fingerprint density at radius 1 is 1.17 bits per heavy atom. The maximum absolute atomic E-state index is 13.7. The topological polar surface area (TPSA) is 116 Å². The van der Waals surface area contributed by atoms with Crippen molar-refractivity contribution in [3.8, 4) is 11.3 Å². The van der Waals surface area contributed by atoms with Gasteiger partial charge in [0, 0.05) is 62.9 Å². The van der Waals surface area contributed by atoms with Crippen molar-refractivity contribution in [1.82, 2.24) is 25.4 Å². The lowest BCUT2D eigenvalue weighted by Crippen LogP contribution is -2.52. The standard InChI is InChI=1S/C30H42N6O5S/c1-19(2)15-22(29(39)36-16-23(31-3)27-26(36)25(37)17-41-27)32-28(38)21-7-5-20(6-8-21)24-18-42-30(33-24)35-11-9-34(10-12-35)13-14-40-4/h5-8,18-19,22-23,26-27,31H,9-17H2,1-4H3,(H,32,38)/t22-,23-,26+,27+/m0/s1. The number of ether oxygens (including phenoxy) is 2. The first-order chi connectivity index (χ1) is 20.3. The Balaban J connectivity index is 1.22. The molecular formula is C30H42N6O5S. The number of anilines is 1. The van der Waals surface area contributed by atoms with E-state index in [0.717, 1.165) is 55.7 Å². The Hall–Kier alpha value is -2.90. The Morgan fingerprint density at radius 3 is 2.57 bits per heavy atom. The van der Waals surface area contributed by atoms with Gasteiger partial charge >= 0.3 is 0 Å². The van der Waals surface area contributed by atoms with Crippen LogP contribution in [0.2, 0.25) is 0 Å². The molecular weight excluding hydrogens is 556 g/mol. The molecule has 4 heterocycles. The van der Waals surface area contributed by atoms with Crippen molar-refractivity contribution in [3.05, 3.63) is 35.2 Å². The molecule has 2 aromatic rings. The Labute approximate surface area is 251 Å². The van der Waals surface area contributed by atoms with Gasteiger partial charge in [0.15, 0.2) is 10.9 Å². The summed E-state index contributed by atoms with van der Waals surface area (Å²) in [6, 6.07) is 5.87. The molecule has 0 saturated carbocycles. The third-order valence-electron chi connectivity index (χ3n) is 8.34. The molecule has 0 bridgehead atoms. The lowest BCUT2D eigenvalue weighted by atomic mass is 10.0. The highest BCUT2D eigenvalue weighted by Crippen LogP contribution is 2.30. The molecule has 1 aromatic heterocycles. The number of piperazine rings is 1. The first-order valence-electron chi connectivity index (χ1n) is 14.7. The number of hydrogen-bond acceptors (Lipinski definition) is 10. The van der Waals surface area contributed by atoms with Gasteiger partial charge in [-0.15, -0.1) is 11.3 Å². The molecule has 3 aliphatic rings. The number of hydrogen-bond donors (Lipinski definition) is 2. The monoisotopic (exact) mass is 598 g/mol. The smallest absolute Gasteiger partial charge is 0.251 e. The van der Waals surface area contributed by atoms with Gasteiger partial charge in [0.25, 0.3) is 5.91 Å². The van der Waals surface area contributed by atoms with E-state index in [1.165, 1.54) is 0 Å². The maximum Gasteiger partial charge on any atom is 0.251 e. The molecule has 0 radical (unpaired) electrons. The van der Waals surface area contributed by atoms with Gasteiger partial charge < -0.3 is 29.9 Å². The summed E-state index contributed by atoms with van der Waals surface area (Å²) in [7, 11) is 3.53. The van der Waals surface area contributed by atoms with Crippen LogP contribution in [0.5, 0.6) is 0 Å². The lowest BCUT2D eigenvalue weighted by molar-refractivity contribution is -0.138. The van der Waals surface area contributed by atoms with E-state index >= 15 is 0 Å².